The molecule has 0 saturated heterocycles. The van der Waals surface area contributed by atoms with Crippen LogP contribution in [0.3, 0.4) is 0 Å². The Balaban J connectivity index is 1.58. The van der Waals surface area contributed by atoms with Gasteiger partial charge in [-0.2, -0.15) is 0 Å². The molecule has 0 aliphatic heterocycles. The predicted octanol–water partition coefficient (Wildman–Crippen LogP) is -0.860. The molecule has 4 aromatic rings. The molecule has 204 valence electrons. The van der Waals surface area contributed by atoms with E-state index in [4.69, 9.17) is 5.73 Å². The molecule has 3 heterocycles. The minimum absolute atomic E-state index is 0.0379. The predicted molar refractivity (Wildman–Crippen MR) is 139 cm³/mol. The highest BCUT2D eigenvalue weighted by molar-refractivity contribution is 5.94. The number of hydrogen-bond acceptors (Lipinski definition) is 7. The number of carbonyl (C=O) groups is 4. The maximum atomic E-state index is 13.5. The first-order valence-corrected chi connectivity index (χ1v) is 12.2. The molecule has 0 fully saturated rings. The molecule has 3 atom stereocenters. The molecule has 0 bridgehead atoms. The Labute approximate surface area is 222 Å². The molecule has 14 heteroatoms. The van der Waals surface area contributed by atoms with Crippen LogP contribution in [0.2, 0.25) is 0 Å². The number of H-pyrrole nitrogens is 3. The zero-order valence-corrected chi connectivity index (χ0v) is 20.8. The number of aromatic nitrogens is 5. The summed E-state index contributed by atoms with van der Waals surface area (Å²) in [6.07, 6.45) is 7.64. The highest BCUT2D eigenvalue weighted by Crippen LogP contribution is 2.19. The second kappa shape index (κ2) is 12.5. The molecule has 3 aromatic heterocycles. The lowest BCUT2D eigenvalue weighted by Gasteiger charge is -2.24. The van der Waals surface area contributed by atoms with Gasteiger partial charge in [0.05, 0.1) is 19.2 Å². The van der Waals surface area contributed by atoms with E-state index in [0.29, 0.717) is 11.4 Å². The number of aliphatic carboxylic acids is 1. The van der Waals surface area contributed by atoms with Crippen LogP contribution in [0.25, 0.3) is 10.9 Å². The molecule has 4 rings (SSSR count). The molecule has 1 aromatic carbocycles. The van der Waals surface area contributed by atoms with Crippen LogP contribution in [0.15, 0.2) is 55.5 Å². The van der Waals surface area contributed by atoms with Crippen molar-refractivity contribution >= 4 is 34.6 Å². The third-order valence-corrected chi connectivity index (χ3v) is 6.14. The van der Waals surface area contributed by atoms with Crippen molar-refractivity contribution in [2.24, 2.45) is 5.73 Å². The fourth-order valence-corrected chi connectivity index (χ4v) is 4.17. The van der Waals surface area contributed by atoms with Crippen molar-refractivity contribution in [2.75, 3.05) is 6.54 Å². The van der Waals surface area contributed by atoms with E-state index in [0.717, 1.165) is 16.5 Å². The lowest BCUT2D eigenvalue weighted by molar-refractivity contribution is -0.142. The van der Waals surface area contributed by atoms with Crippen molar-refractivity contribution in [1.29, 1.82) is 0 Å². The topological polar surface area (TPSA) is 224 Å². The van der Waals surface area contributed by atoms with E-state index in [1.165, 1.54) is 25.0 Å². The monoisotopic (exact) mass is 535 g/mol. The number of carboxylic acids is 1. The molecule has 14 nitrogen and oxygen atoms in total. The number of carbonyl (C=O) groups excluding carboxylic acids is 3. The second-order valence-electron chi connectivity index (χ2n) is 8.91. The minimum Gasteiger partial charge on any atom is -0.480 e. The summed E-state index contributed by atoms with van der Waals surface area (Å²) < 4.78 is 0. The summed E-state index contributed by atoms with van der Waals surface area (Å²) >= 11 is 0. The Morgan fingerprint density at radius 3 is 2.00 bits per heavy atom. The van der Waals surface area contributed by atoms with Gasteiger partial charge < -0.3 is 41.7 Å². The van der Waals surface area contributed by atoms with Gasteiger partial charge in [-0.25, -0.2) is 14.8 Å². The largest absolute Gasteiger partial charge is 0.480 e. The number of imidazole rings is 2. The van der Waals surface area contributed by atoms with E-state index >= 15 is 0 Å². The van der Waals surface area contributed by atoms with Gasteiger partial charge in [-0.1, -0.05) is 18.2 Å². The van der Waals surface area contributed by atoms with Gasteiger partial charge in [0.25, 0.3) is 0 Å². The van der Waals surface area contributed by atoms with E-state index in [2.05, 4.69) is 40.9 Å². The third kappa shape index (κ3) is 7.07. The summed E-state index contributed by atoms with van der Waals surface area (Å²) in [5, 5.41) is 18.4. The molecular weight excluding hydrogens is 506 g/mol. The van der Waals surface area contributed by atoms with Crippen LogP contribution in [-0.2, 0) is 38.4 Å². The standard InChI is InChI=1S/C25H29N9O5/c26-8-22(35)32-20(6-15-10-27-12-30-15)24(37)33-19(5-14-9-29-18-4-2-1-3-17(14)18)23(36)34-21(25(38)39)7-16-11-28-13-31-16/h1-4,9-13,19-21,29H,5-8,26H2,(H,27,30)(H,28,31)(H,32,35)(H,33,37)(H,34,36)(H,38,39). The van der Waals surface area contributed by atoms with Crippen LogP contribution in [-0.4, -0.2) is 78.4 Å². The van der Waals surface area contributed by atoms with Crippen LogP contribution >= 0.6 is 0 Å². The maximum absolute atomic E-state index is 13.5. The zero-order chi connectivity index (χ0) is 27.8. The smallest absolute Gasteiger partial charge is 0.326 e. The van der Waals surface area contributed by atoms with Gasteiger partial charge in [0.1, 0.15) is 18.1 Å². The summed E-state index contributed by atoms with van der Waals surface area (Å²) in [5.74, 6) is -3.15. The molecule has 3 amide bonds. The number of fused-ring (bicyclic) bond motifs is 1. The molecule has 0 spiro atoms. The van der Waals surface area contributed by atoms with Gasteiger partial charge in [0.15, 0.2) is 0 Å². The summed E-state index contributed by atoms with van der Waals surface area (Å²) in [4.78, 5) is 67.4. The molecule has 39 heavy (non-hydrogen) atoms. The highest BCUT2D eigenvalue weighted by Gasteiger charge is 2.31. The molecule has 0 radical (unpaired) electrons. The molecule has 0 saturated carbocycles. The lowest BCUT2D eigenvalue weighted by Crippen LogP contribution is -2.57. The van der Waals surface area contributed by atoms with E-state index in [9.17, 15) is 24.3 Å². The van der Waals surface area contributed by atoms with E-state index in [-0.39, 0.29) is 25.8 Å². The fraction of sp³-hybridized carbons (Fsp3) is 0.280. The Bertz CT molecular complexity index is 1410. The van der Waals surface area contributed by atoms with Crippen molar-refractivity contribution in [1.82, 2.24) is 40.9 Å². The Kier molecular flexibility index (Phi) is 8.68. The molecule has 0 aliphatic rings. The second-order valence-corrected chi connectivity index (χ2v) is 8.91. The average Bonchev–Trinajstić information content (AvgIpc) is 3.70. The van der Waals surface area contributed by atoms with E-state index in [1.807, 2.05) is 24.3 Å². The van der Waals surface area contributed by atoms with E-state index in [1.54, 1.807) is 6.20 Å². The first-order chi connectivity index (χ1) is 18.8. The van der Waals surface area contributed by atoms with Crippen LogP contribution in [0.4, 0.5) is 0 Å². The first-order valence-electron chi connectivity index (χ1n) is 12.2. The number of amides is 3. The van der Waals surface area contributed by atoms with Gasteiger partial charge in [-0.05, 0) is 11.6 Å². The number of benzene rings is 1. The fourth-order valence-electron chi connectivity index (χ4n) is 4.17. The number of nitrogens with zero attached hydrogens (tertiary/aromatic N) is 2. The third-order valence-electron chi connectivity index (χ3n) is 6.14. The first kappa shape index (κ1) is 27.1. The summed E-state index contributed by atoms with van der Waals surface area (Å²) in [6.45, 7) is -0.333. The minimum atomic E-state index is -1.28. The quantitative estimate of drug-likeness (QED) is 0.107. The highest BCUT2D eigenvalue weighted by atomic mass is 16.4. The Morgan fingerprint density at radius 2 is 1.41 bits per heavy atom. The van der Waals surface area contributed by atoms with Crippen LogP contribution in [0.1, 0.15) is 17.0 Å². The van der Waals surface area contributed by atoms with E-state index < -0.39 is 41.8 Å². The zero-order valence-electron chi connectivity index (χ0n) is 20.8. The average molecular weight is 536 g/mol. The Morgan fingerprint density at radius 1 is 0.821 bits per heavy atom. The van der Waals surface area contributed by atoms with Gasteiger partial charge in [0.2, 0.25) is 17.7 Å². The number of hydrogen-bond donors (Lipinski definition) is 8. The van der Waals surface area contributed by atoms with Crippen molar-refractivity contribution in [3.05, 3.63) is 72.5 Å². The molecule has 9 N–H and O–H groups in total. The Hall–Kier alpha value is -4.98. The van der Waals surface area contributed by atoms with Crippen molar-refractivity contribution in [3.8, 4) is 0 Å². The molecule has 3 unspecified atom stereocenters. The van der Waals surface area contributed by atoms with Gasteiger partial charge in [-0.15, -0.1) is 0 Å². The lowest BCUT2D eigenvalue weighted by atomic mass is 10.0. The SMILES string of the molecule is NCC(=O)NC(Cc1cnc[nH]1)C(=O)NC(Cc1c[nH]c2ccccc12)C(=O)NC(Cc1cnc[nH]1)C(=O)O. The molecule has 0 aliphatic carbocycles. The number of aromatic amines is 3. The summed E-state index contributed by atoms with van der Waals surface area (Å²) in [6, 6.07) is 3.94. The van der Waals surface area contributed by atoms with Gasteiger partial charge in [-0.3, -0.25) is 14.4 Å². The van der Waals surface area contributed by atoms with Crippen LogP contribution in [0.5, 0.6) is 0 Å². The van der Waals surface area contributed by atoms with Crippen LogP contribution < -0.4 is 21.7 Å². The number of nitrogens with two attached hydrogens (primary N) is 1. The van der Waals surface area contributed by atoms with Crippen molar-refractivity contribution in [3.63, 3.8) is 0 Å². The number of nitrogens with one attached hydrogen (secondary N) is 6. The van der Waals surface area contributed by atoms with Gasteiger partial charge in [0, 0.05) is 60.1 Å². The van der Waals surface area contributed by atoms with Crippen LogP contribution in [0, 0.1) is 0 Å². The maximum Gasteiger partial charge on any atom is 0.326 e. The number of para-hydroxylation sites is 1. The van der Waals surface area contributed by atoms with Gasteiger partial charge >= 0.3 is 5.97 Å². The number of carboxylic acid groups (broad SMARTS) is 1. The van der Waals surface area contributed by atoms with Crippen molar-refractivity contribution in [2.45, 2.75) is 37.4 Å². The molecular formula is C25H29N9O5. The normalized spacial score (nSPS) is 13.4. The number of rotatable bonds is 13. The summed E-state index contributed by atoms with van der Waals surface area (Å²) in [7, 11) is 0. The van der Waals surface area contributed by atoms with Crippen molar-refractivity contribution < 1.29 is 24.3 Å². The summed E-state index contributed by atoms with van der Waals surface area (Å²) in [5.41, 5.74) is 8.11.